The van der Waals surface area contributed by atoms with E-state index in [0.29, 0.717) is 10.9 Å². The van der Waals surface area contributed by atoms with Crippen LogP contribution in [0, 0.1) is 5.41 Å². The number of nitrogens with one attached hydrogen (secondary N) is 2. The lowest BCUT2D eigenvalue weighted by Crippen LogP contribution is -2.74. The molecule has 2 unspecified atom stereocenters. The fourth-order valence-electron chi connectivity index (χ4n) is 8.68. The maximum Gasteiger partial charge on any atom is 0.350 e. The van der Waals surface area contributed by atoms with E-state index in [1.54, 1.807) is 36.8 Å². The minimum Gasteiger partial charge on any atom is -0.497 e. The van der Waals surface area contributed by atoms with Gasteiger partial charge < -0.3 is 34.6 Å². The van der Waals surface area contributed by atoms with Crippen molar-refractivity contribution in [1.29, 1.82) is 0 Å². The molecule has 0 radical (unpaired) electrons. The Kier molecular flexibility index (Phi) is 15.3. The van der Waals surface area contributed by atoms with Crippen molar-refractivity contribution < 1.29 is 38.2 Å². The molecule has 72 heavy (non-hydrogen) atoms. The standard InChI is InChI=1S/C56H50ClN5O8S2/c1-37(52(65)69-48(39-18-8-3-9-19-39)40-20-10-4-11-21-40)70-61-46(45-33-71-54(58-45)60-56(41-22-12-5-13-23-41,42-24-14-6-15-25-42)43-26-16-7-17-27-43)49(63)59-47-50(64)62-35-55(34-57,36-72-51(47)62)53(66)68-32-38-28-30-44(67-2)31-29-38/h3-31,33,37,47-48,51H,32,34-36H2,1-2H3,(H,58,60)(H,59,63)/t37-,47?,51+,55?/m0/s1. The molecule has 0 spiro atoms. The zero-order valence-corrected chi connectivity index (χ0v) is 41.6. The highest BCUT2D eigenvalue weighted by molar-refractivity contribution is 8.00. The minimum atomic E-state index is -1.29. The van der Waals surface area contributed by atoms with Gasteiger partial charge in [-0.3, -0.25) is 14.4 Å². The van der Waals surface area contributed by atoms with Crippen LogP contribution in [-0.2, 0) is 45.6 Å². The van der Waals surface area contributed by atoms with E-state index < -0.39 is 58.3 Å². The van der Waals surface area contributed by atoms with Crippen molar-refractivity contribution in [2.24, 2.45) is 10.6 Å². The summed E-state index contributed by atoms with van der Waals surface area (Å²) in [5.41, 5.74) is 2.80. The number of fused-ring (bicyclic) bond motifs is 1. The van der Waals surface area contributed by atoms with Gasteiger partial charge in [0.2, 0.25) is 12.0 Å². The van der Waals surface area contributed by atoms with Crippen LogP contribution >= 0.6 is 34.7 Å². The van der Waals surface area contributed by atoms with Crippen LogP contribution in [0.1, 0.15) is 52.1 Å². The molecule has 2 fully saturated rings. The number of carbonyl (C=O) groups excluding carboxylic acids is 4. The van der Waals surface area contributed by atoms with Crippen LogP contribution in [0.2, 0.25) is 0 Å². The monoisotopic (exact) mass is 1020 g/mol. The lowest BCUT2D eigenvalue weighted by atomic mass is 9.77. The second-order valence-corrected chi connectivity index (χ2v) is 19.5. The van der Waals surface area contributed by atoms with E-state index in [-0.39, 0.29) is 36.2 Å². The first-order chi connectivity index (χ1) is 35.1. The van der Waals surface area contributed by atoms with Gasteiger partial charge in [-0.05, 0) is 52.4 Å². The number of thioether (sulfide) groups is 1. The number of benzene rings is 6. The number of nitrogens with zero attached hydrogens (tertiary/aromatic N) is 3. The zero-order chi connectivity index (χ0) is 50.1. The van der Waals surface area contributed by atoms with E-state index in [1.807, 2.05) is 152 Å². The van der Waals surface area contributed by atoms with Gasteiger partial charge in [0.25, 0.3) is 5.91 Å². The highest BCUT2D eigenvalue weighted by Gasteiger charge is 2.58. The molecule has 0 saturated carbocycles. The molecular weight excluding hydrogens is 970 g/mol. The molecule has 1 aromatic heterocycles. The summed E-state index contributed by atoms with van der Waals surface area (Å²) in [5, 5.41) is 12.5. The van der Waals surface area contributed by atoms with E-state index in [4.69, 9.17) is 35.6 Å². The number of amides is 2. The molecule has 6 aromatic carbocycles. The van der Waals surface area contributed by atoms with Crippen LogP contribution in [0.3, 0.4) is 0 Å². The van der Waals surface area contributed by atoms with Crippen LogP contribution < -0.4 is 15.4 Å². The first kappa shape index (κ1) is 49.5. The Morgan fingerprint density at radius 2 is 1.35 bits per heavy atom. The summed E-state index contributed by atoms with van der Waals surface area (Å²) >= 11 is 9.04. The number of hydrogen-bond acceptors (Lipinski definition) is 13. The van der Waals surface area contributed by atoms with Crippen molar-refractivity contribution in [1.82, 2.24) is 15.2 Å². The van der Waals surface area contributed by atoms with Crippen molar-refractivity contribution in [2.75, 3.05) is 30.6 Å². The van der Waals surface area contributed by atoms with Crippen LogP contribution in [-0.4, -0.2) is 82.2 Å². The Morgan fingerprint density at radius 1 is 0.806 bits per heavy atom. The lowest BCUT2D eigenvalue weighted by molar-refractivity contribution is -0.162. The van der Waals surface area contributed by atoms with Gasteiger partial charge in [-0.1, -0.05) is 169 Å². The summed E-state index contributed by atoms with van der Waals surface area (Å²) in [6.45, 7) is 1.50. The highest BCUT2D eigenvalue weighted by Crippen LogP contribution is 2.44. The van der Waals surface area contributed by atoms with Crippen molar-refractivity contribution >= 4 is 69.3 Å². The molecule has 366 valence electrons. The predicted molar refractivity (Wildman–Crippen MR) is 279 cm³/mol. The molecule has 16 heteroatoms. The number of aromatic nitrogens is 1. The number of oxime groups is 1. The van der Waals surface area contributed by atoms with Gasteiger partial charge in [0, 0.05) is 23.6 Å². The Morgan fingerprint density at radius 3 is 1.88 bits per heavy atom. The van der Waals surface area contributed by atoms with Gasteiger partial charge in [-0.25, -0.2) is 9.78 Å². The van der Waals surface area contributed by atoms with E-state index >= 15 is 0 Å². The van der Waals surface area contributed by atoms with Gasteiger partial charge in [0.15, 0.2) is 16.9 Å². The average molecular weight is 1020 g/mol. The number of methoxy groups -OCH3 is 1. The number of ether oxygens (including phenoxy) is 3. The molecule has 2 amide bonds. The summed E-state index contributed by atoms with van der Waals surface area (Å²) in [6.07, 6.45) is -2.04. The van der Waals surface area contributed by atoms with Crippen LogP contribution in [0.25, 0.3) is 0 Å². The number of rotatable bonds is 19. The summed E-state index contributed by atoms with van der Waals surface area (Å²) in [6, 6.07) is 54.8. The topological polar surface area (TPSA) is 158 Å². The Hall–Kier alpha value is -7.46. The Balaban J connectivity index is 0.982. The molecule has 13 nitrogen and oxygen atoms in total. The lowest BCUT2D eigenvalue weighted by Gasteiger charge is -2.53. The summed E-state index contributed by atoms with van der Waals surface area (Å²) in [5.74, 6) is -1.62. The third kappa shape index (κ3) is 10.5. The SMILES string of the molecule is COc1ccc(COC(=O)C2(CCl)CS[C@@H]3C(NC(=O)C(=NO[C@@H](C)C(=O)OC(c4ccccc4)c4ccccc4)c4csc(NC(c5ccccc5)(c5ccccc5)c5ccccc5)n4)C(=O)N3C2)cc1. The third-order valence-corrected chi connectivity index (χ3v) is 15.5. The number of halogens is 1. The van der Waals surface area contributed by atoms with Gasteiger partial charge >= 0.3 is 11.9 Å². The van der Waals surface area contributed by atoms with E-state index in [9.17, 15) is 19.2 Å². The fourth-order valence-corrected chi connectivity index (χ4v) is 11.4. The second kappa shape index (κ2) is 22.3. The number of carbonyl (C=O) groups is 4. The van der Waals surface area contributed by atoms with Crippen molar-refractivity contribution in [3.63, 3.8) is 0 Å². The molecule has 9 rings (SSSR count). The molecule has 2 N–H and O–H groups in total. The highest BCUT2D eigenvalue weighted by atomic mass is 35.5. The number of alkyl halides is 1. The molecule has 2 saturated heterocycles. The third-order valence-electron chi connectivity index (χ3n) is 12.6. The summed E-state index contributed by atoms with van der Waals surface area (Å²) < 4.78 is 17.0. The number of anilines is 1. The molecule has 3 heterocycles. The summed E-state index contributed by atoms with van der Waals surface area (Å²) in [7, 11) is 1.57. The molecule has 0 aliphatic carbocycles. The quantitative estimate of drug-likeness (QED) is 0.0199. The normalized spacial score (nSPS) is 18.0. The van der Waals surface area contributed by atoms with Crippen molar-refractivity contribution in [3.05, 3.63) is 220 Å². The Bertz CT molecular complexity index is 2870. The van der Waals surface area contributed by atoms with E-state index in [1.165, 1.54) is 34.9 Å². The number of esters is 2. The first-order valence-electron chi connectivity index (χ1n) is 23.2. The van der Waals surface area contributed by atoms with Gasteiger partial charge in [0.05, 0.1) is 7.11 Å². The number of β-lactam (4-membered cyclic amide) rings is 1. The number of hydrogen-bond donors (Lipinski definition) is 2. The largest absolute Gasteiger partial charge is 0.497 e. The van der Waals surface area contributed by atoms with E-state index in [0.717, 1.165) is 33.4 Å². The minimum absolute atomic E-state index is 0.00453. The molecule has 0 bridgehead atoms. The van der Waals surface area contributed by atoms with Crippen LogP contribution in [0.4, 0.5) is 5.13 Å². The van der Waals surface area contributed by atoms with Crippen LogP contribution in [0.15, 0.2) is 186 Å². The molecular formula is C56H50ClN5O8S2. The van der Waals surface area contributed by atoms with Crippen molar-refractivity contribution in [2.45, 2.75) is 42.7 Å². The maximum absolute atomic E-state index is 14.6. The maximum atomic E-state index is 14.6. The smallest absolute Gasteiger partial charge is 0.350 e. The van der Waals surface area contributed by atoms with Crippen LogP contribution in [0.5, 0.6) is 5.75 Å². The molecule has 2 aliphatic rings. The van der Waals surface area contributed by atoms with Crippen molar-refractivity contribution in [3.8, 4) is 5.75 Å². The summed E-state index contributed by atoms with van der Waals surface area (Å²) in [4.78, 5) is 68.4. The van der Waals surface area contributed by atoms with Gasteiger partial charge in [-0.2, -0.15) is 0 Å². The Labute approximate surface area is 430 Å². The van der Waals surface area contributed by atoms with Gasteiger partial charge in [-0.15, -0.1) is 34.7 Å². The predicted octanol–water partition coefficient (Wildman–Crippen LogP) is 9.37. The average Bonchev–Trinajstić information content (AvgIpc) is 3.91. The molecule has 2 aliphatic heterocycles. The second-order valence-electron chi connectivity index (χ2n) is 17.3. The molecule has 7 aromatic rings. The number of thiazole rings is 1. The molecule has 4 atom stereocenters. The fraction of sp³-hybridized carbons (Fsp3) is 0.214. The zero-order valence-electron chi connectivity index (χ0n) is 39.3. The first-order valence-corrected chi connectivity index (χ1v) is 25.6. The van der Waals surface area contributed by atoms with Gasteiger partial charge in [0.1, 0.15) is 40.4 Å². The van der Waals surface area contributed by atoms with E-state index in [2.05, 4.69) is 15.8 Å².